The van der Waals surface area contributed by atoms with Crippen molar-refractivity contribution < 1.29 is 9.53 Å². The predicted octanol–water partition coefficient (Wildman–Crippen LogP) is 7.79. The van der Waals surface area contributed by atoms with Gasteiger partial charge in [0.25, 0.3) is 0 Å². The molecule has 4 aromatic rings. The number of carbonyl (C=O) groups excluding carboxylic acids is 1. The average Bonchev–Trinajstić information content (AvgIpc) is 3.37. The van der Waals surface area contributed by atoms with E-state index in [2.05, 4.69) is 42.3 Å². The Morgan fingerprint density at radius 2 is 1.93 bits per heavy atom. The summed E-state index contributed by atoms with van der Waals surface area (Å²) in [5, 5.41) is 9.52. The van der Waals surface area contributed by atoms with E-state index in [-0.39, 0.29) is 23.5 Å². The topological polar surface area (TPSA) is 69.0 Å². The molecule has 3 unspecified atom stereocenters. The summed E-state index contributed by atoms with van der Waals surface area (Å²) in [6, 6.07) is 20.0. The minimum atomic E-state index is -0.356. The van der Waals surface area contributed by atoms with Gasteiger partial charge in [-0.2, -0.15) is 5.10 Å². The molecule has 0 aliphatic heterocycles. The Balaban J connectivity index is 1.35. The molecule has 1 fully saturated rings. The third-order valence-corrected chi connectivity index (χ3v) is 9.24. The molecule has 2 aromatic carbocycles. The average molecular weight is 592 g/mol. The largest absolute Gasteiger partial charge is 0.446 e. The summed E-state index contributed by atoms with van der Waals surface area (Å²) in [4.78, 5) is 16.0. The van der Waals surface area contributed by atoms with Gasteiger partial charge in [0, 0.05) is 42.9 Å². The number of pyridine rings is 1. The molecular formula is C33H36Cl2N4O2. The Kier molecular flexibility index (Phi) is 8.83. The van der Waals surface area contributed by atoms with Crippen LogP contribution in [0, 0.1) is 18.3 Å². The van der Waals surface area contributed by atoms with Crippen LogP contribution in [0.2, 0.25) is 10.0 Å². The van der Waals surface area contributed by atoms with Gasteiger partial charge in [-0.1, -0.05) is 73.4 Å². The van der Waals surface area contributed by atoms with E-state index in [0.717, 1.165) is 53.2 Å². The molecule has 2 heterocycles. The smallest absolute Gasteiger partial charge is 0.304 e. The zero-order valence-corrected chi connectivity index (χ0v) is 25.4. The quantitative estimate of drug-likeness (QED) is 0.151. The number of halogens is 2. The fourth-order valence-electron chi connectivity index (χ4n) is 5.99. The number of benzene rings is 2. The number of aryl methyl sites for hydroxylation is 1. The Labute approximate surface area is 252 Å². The van der Waals surface area contributed by atoms with Crippen LogP contribution in [-0.4, -0.2) is 33.5 Å². The second kappa shape index (κ2) is 12.4. The number of carbonyl (C=O) groups is 1. The van der Waals surface area contributed by atoms with Gasteiger partial charge in [0.15, 0.2) is 6.23 Å². The fraction of sp³-hybridized carbons (Fsp3) is 0.364. The maximum absolute atomic E-state index is 11.7. The van der Waals surface area contributed by atoms with Gasteiger partial charge in [0.1, 0.15) is 0 Å². The molecule has 1 N–H and O–H groups in total. The molecule has 0 spiro atoms. The number of nitrogens with zero attached hydrogens (tertiary/aromatic N) is 3. The van der Waals surface area contributed by atoms with Crippen LogP contribution in [0.15, 0.2) is 73.1 Å². The van der Waals surface area contributed by atoms with Crippen LogP contribution in [0.3, 0.4) is 0 Å². The Hall–Kier alpha value is -3.19. The minimum absolute atomic E-state index is 0.0149. The zero-order valence-electron chi connectivity index (χ0n) is 23.9. The highest BCUT2D eigenvalue weighted by atomic mass is 35.5. The molecule has 0 amide bonds. The number of hydrogen-bond donors (Lipinski definition) is 1. The predicted molar refractivity (Wildman–Crippen MR) is 165 cm³/mol. The SMILES string of the molecule is CC(=O)OC(Cc1ccccc1)NCCC1CC(c2cc(-c3cccnc3)nn2-c2c(C)ccc(Cl)c2Cl)C1(C)C. The molecule has 1 saturated carbocycles. The van der Waals surface area contributed by atoms with Gasteiger partial charge in [0.2, 0.25) is 0 Å². The lowest BCUT2D eigenvalue weighted by Crippen LogP contribution is -2.46. The summed E-state index contributed by atoms with van der Waals surface area (Å²) in [6.07, 6.45) is 5.85. The van der Waals surface area contributed by atoms with Crippen molar-refractivity contribution in [2.75, 3.05) is 6.54 Å². The lowest BCUT2D eigenvalue weighted by Gasteiger charge is -2.52. The Morgan fingerprint density at radius 1 is 1.15 bits per heavy atom. The van der Waals surface area contributed by atoms with E-state index in [1.165, 1.54) is 6.92 Å². The first-order chi connectivity index (χ1) is 19.6. The fourth-order valence-corrected chi connectivity index (χ4v) is 6.43. The Bertz CT molecular complexity index is 1500. The maximum Gasteiger partial charge on any atom is 0.304 e. The summed E-state index contributed by atoms with van der Waals surface area (Å²) in [7, 11) is 0. The van der Waals surface area contributed by atoms with Gasteiger partial charge in [-0.15, -0.1) is 0 Å². The first-order valence-electron chi connectivity index (χ1n) is 14.0. The molecule has 3 atom stereocenters. The maximum atomic E-state index is 11.7. The normalized spacial score (nSPS) is 18.5. The number of rotatable bonds is 10. The highest BCUT2D eigenvalue weighted by Gasteiger charge is 2.49. The van der Waals surface area contributed by atoms with E-state index in [1.807, 2.05) is 60.3 Å². The summed E-state index contributed by atoms with van der Waals surface area (Å²) < 4.78 is 7.57. The van der Waals surface area contributed by atoms with Gasteiger partial charge in [0.05, 0.1) is 21.4 Å². The van der Waals surface area contributed by atoms with Crippen molar-refractivity contribution in [1.29, 1.82) is 0 Å². The molecule has 0 saturated heterocycles. The minimum Gasteiger partial charge on any atom is -0.446 e. The van der Waals surface area contributed by atoms with Crippen molar-refractivity contribution in [3.8, 4) is 16.9 Å². The molecule has 2 aromatic heterocycles. The lowest BCUT2D eigenvalue weighted by atomic mass is 9.53. The van der Waals surface area contributed by atoms with Crippen LogP contribution >= 0.6 is 23.2 Å². The number of ether oxygens (including phenoxy) is 1. The van der Waals surface area contributed by atoms with Crippen molar-refractivity contribution >= 4 is 29.2 Å². The van der Waals surface area contributed by atoms with Gasteiger partial charge in [-0.3, -0.25) is 15.1 Å². The highest BCUT2D eigenvalue weighted by Crippen LogP contribution is 2.58. The van der Waals surface area contributed by atoms with Gasteiger partial charge < -0.3 is 4.74 Å². The first-order valence-corrected chi connectivity index (χ1v) is 14.8. The molecule has 1 aliphatic rings. The molecule has 1 aliphatic carbocycles. The molecule has 5 rings (SSSR count). The number of hydrogen-bond acceptors (Lipinski definition) is 5. The molecule has 8 heteroatoms. The van der Waals surface area contributed by atoms with Gasteiger partial charge in [-0.25, -0.2) is 4.68 Å². The van der Waals surface area contributed by atoms with Crippen LogP contribution in [-0.2, 0) is 16.0 Å². The molecule has 214 valence electrons. The number of esters is 1. The van der Waals surface area contributed by atoms with Crippen LogP contribution in [0.4, 0.5) is 0 Å². The van der Waals surface area contributed by atoms with E-state index in [1.54, 1.807) is 6.20 Å². The highest BCUT2D eigenvalue weighted by molar-refractivity contribution is 6.43. The Morgan fingerprint density at radius 3 is 2.61 bits per heavy atom. The van der Waals surface area contributed by atoms with E-state index < -0.39 is 0 Å². The monoisotopic (exact) mass is 590 g/mol. The van der Waals surface area contributed by atoms with Crippen molar-refractivity contribution in [1.82, 2.24) is 20.1 Å². The number of aromatic nitrogens is 3. The van der Waals surface area contributed by atoms with Gasteiger partial charge in [-0.05, 0) is 73.0 Å². The zero-order chi connectivity index (χ0) is 29.1. The van der Waals surface area contributed by atoms with Crippen molar-refractivity contribution in [2.45, 2.75) is 59.1 Å². The summed E-state index contributed by atoms with van der Waals surface area (Å²) >= 11 is 13.2. The number of nitrogens with one attached hydrogen (secondary N) is 1. The molecule has 41 heavy (non-hydrogen) atoms. The molecular weight excluding hydrogens is 555 g/mol. The van der Waals surface area contributed by atoms with Gasteiger partial charge >= 0.3 is 5.97 Å². The molecule has 6 nitrogen and oxygen atoms in total. The lowest BCUT2D eigenvalue weighted by molar-refractivity contribution is -0.147. The summed E-state index contributed by atoms with van der Waals surface area (Å²) in [5.41, 5.74) is 5.89. The van der Waals surface area contributed by atoms with Crippen LogP contribution in [0.1, 0.15) is 56.4 Å². The second-order valence-corrected chi connectivity index (χ2v) is 12.3. The third kappa shape index (κ3) is 6.35. The van der Waals surface area contributed by atoms with Crippen molar-refractivity contribution in [3.05, 3.63) is 99.9 Å². The van der Waals surface area contributed by atoms with Crippen molar-refractivity contribution in [3.63, 3.8) is 0 Å². The second-order valence-electron chi connectivity index (χ2n) is 11.5. The van der Waals surface area contributed by atoms with Crippen LogP contribution < -0.4 is 5.32 Å². The van der Waals surface area contributed by atoms with Crippen molar-refractivity contribution in [2.24, 2.45) is 11.3 Å². The van der Waals surface area contributed by atoms with E-state index in [4.69, 9.17) is 33.0 Å². The third-order valence-electron chi connectivity index (χ3n) is 8.44. The molecule has 0 bridgehead atoms. The van der Waals surface area contributed by atoms with E-state index in [9.17, 15) is 4.79 Å². The van der Waals surface area contributed by atoms with Crippen LogP contribution in [0.25, 0.3) is 16.9 Å². The summed E-state index contributed by atoms with van der Waals surface area (Å²) in [6.45, 7) is 8.89. The first kappa shape index (κ1) is 29.3. The van der Waals surface area contributed by atoms with Crippen LogP contribution in [0.5, 0.6) is 0 Å². The standard InChI is InChI=1S/C33H36Cl2N4O2/c1-21-12-13-27(34)31(35)32(21)39-29(19-28(38-39)24-11-8-15-36-20-24)26-18-25(33(26,3)4)14-16-37-30(41-22(2)40)17-23-9-6-5-7-10-23/h5-13,15,19-20,25-26,30,37H,14,16-18H2,1-4H3. The van der Waals surface area contributed by atoms with E-state index in [0.29, 0.717) is 22.4 Å². The summed E-state index contributed by atoms with van der Waals surface area (Å²) in [5.74, 6) is 0.472. The van der Waals surface area contributed by atoms with E-state index >= 15 is 0 Å². The molecule has 0 radical (unpaired) electrons.